The van der Waals surface area contributed by atoms with Crippen LogP contribution in [0.4, 0.5) is 5.69 Å². The molecule has 0 aliphatic rings. The van der Waals surface area contributed by atoms with Crippen LogP contribution in [-0.4, -0.2) is 15.9 Å². The predicted molar refractivity (Wildman–Crippen MR) is 68.1 cm³/mol. The van der Waals surface area contributed by atoms with Crippen LogP contribution in [0.2, 0.25) is 0 Å². The van der Waals surface area contributed by atoms with Gasteiger partial charge in [-0.25, -0.2) is 0 Å². The van der Waals surface area contributed by atoms with Gasteiger partial charge < -0.3 is 10.2 Å². The zero-order valence-corrected chi connectivity index (χ0v) is 9.46. The van der Waals surface area contributed by atoms with Crippen molar-refractivity contribution in [3.8, 4) is 11.5 Å². The second-order valence-corrected chi connectivity index (χ2v) is 3.76. The maximum absolute atomic E-state index is 9.33. The molecule has 0 heterocycles. The van der Waals surface area contributed by atoms with Gasteiger partial charge in [-0.15, -0.1) is 0 Å². The maximum atomic E-state index is 9.33. The molecule has 0 spiro atoms. The summed E-state index contributed by atoms with van der Waals surface area (Å²) in [6.45, 7) is 1.89. The summed E-state index contributed by atoms with van der Waals surface area (Å²) in [5, 5.41) is 18.5. The highest BCUT2D eigenvalue weighted by Crippen LogP contribution is 2.20. The molecular weight excluding hydrogens is 214 g/mol. The average molecular weight is 227 g/mol. The number of hydrogen-bond acceptors (Lipinski definition) is 3. The minimum Gasteiger partial charge on any atom is -0.508 e. The third-order valence-electron chi connectivity index (χ3n) is 2.41. The lowest BCUT2D eigenvalue weighted by atomic mass is 10.1. The highest BCUT2D eigenvalue weighted by atomic mass is 16.3. The largest absolute Gasteiger partial charge is 0.508 e. The van der Waals surface area contributed by atoms with E-state index in [1.165, 1.54) is 0 Å². The molecule has 86 valence electrons. The van der Waals surface area contributed by atoms with E-state index in [0.717, 1.165) is 11.3 Å². The van der Waals surface area contributed by atoms with Crippen molar-refractivity contribution in [2.75, 3.05) is 0 Å². The molecule has 2 rings (SSSR count). The summed E-state index contributed by atoms with van der Waals surface area (Å²) in [7, 11) is 0. The summed E-state index contributed by atoms with van der Waals surface area (Å²) in [4.78, 5) is 4.39. The first kappa shape index (κ1) is 11.2. The van der Waals surface area contributed by atoms with E-state index in [9.17, 15) is 10.2 Å². The highest BCUT2D eigenvalue weighted by Gasteiger charge is 1.98. The van der Waals surface area contributed by atoms with Crippen molar-refractivity contribution < 1.29 is 10.2 Å². The van der Waals surface area contributed by atoms with Gasteiger partial charge in [-0.05, 0) is 48.9 Å². The van der Waals surface area contributed by atoms with Crippen LogP contribution in [0.5, 0.6) is 11.5 Å². The van der Waals surface area contributed by atoms with Crippen LogP contribution < -0.4 is 0 Å². The van der Waals surface area contributed by atoms with Crippen molar-refractivity contribution in [1.29, 1.82) is 0 Å². The van der Waals surface area contributed by atoms with Crippen molar-refractivity contribution in [3.05, 3.63) is 54.1 Å². The highest BCUT2D eigenvalue weighted by molar-refractivity contribution is 6.00. The molecule has 2 N–H and O–H groups in total. The molecule has 0 fully saturated rings. The van der Waals surface area contributed by atoms with Crippen LogP contribution in [0.15, 0.2) is 53.5 Å². The minimum absolute atomic E-state index is 0.199. The summed E-state index contributed by atoms with van der Waals surface area (Å²) >= 11 is 0. The summed E-state index contributed by atoms with van der Waals surface area (Å²) in [6, 6.07) is 13.6. The lowest BCUT2D eigenvalue weighted by molar-refractivity contribution is 0.475. The van der Waals surface area contributed by atoms with Gasteiger partial charge in [0.1, 0.15) is 11.5 Å². The van der Waals surface area contributed by atoms with Crippen LogP contribution in [-0.2, 0) is 0 Å². The molecule has 0 atom stereocenters. The molecule has 0 aliphatic heterocycles. The molecule has 2 aromatic carbocycles. The number of hydrogen-bond donors (Lipinski definition) is 2. The SMILES string of the molecule is CC(=Nc1cccc(O)c1)c1ccc(O)cc1. The van der Waals surface area contributed by atoms with Gasteiger partial charge in [0.25, 0.3) is 0 Å². The predicted octanol–water partition coefficient (Wildman–Crippen LogP) is 3.24. The van der Waals surface area contributed by atoms with Gasteiger partial charge in [-0.2, -0.15) is 0 Å². The van der Waals surface area contributed by atoms with Gasteiger partial charge in [0, 0.05) is 11.8 Å². The van der Waals surface area contributed by atoms with E-state index in [0.29, 0.717) is 5.69 Å². The fourth-order valence-electron chi connectivity index (χ4n) is 1.52. The first-order valence-electron chi connectivity index (χ1n) is 5.29. The Hall–Kier alpha value is -2.29. The minimum atomic E-state index is 0.199. The van der Waals surface area contributed by atoms with E-state index in [2.05, 4.69) is 4.99 Å². The number of rotatable bonds is 2. The van der Waals surface area contributed by atoms with Crippen molar-refractivity contribution in [2.24, 2.45) is 4.99 Å². The normalized spacial score (nSPS) is 11.5. The van der Waals surface area contributed by atoms with Crippen molar-refractivity contribution >= 4 is 11.4 Å². The lowest BCUT2D eigenvalue weighted by Gasteiger charge is -2.02. The summed E-state index contributed by atoms with van der Waals surface area (Å²) in [5.74, 6) is 0.434. The Balaban J connectivity index is 2.30. The average Bonchev–Trinajstić information content (AvgIpc) is 2.29. The molecule has 0 aromatic heterocycles. The fraction of sp³-hybridized carbons (Fsp3) is 0.0714. The molecule has 3 heteroatoms. The van der Waals surface area contributed by atoms with E-state index >= 15 is 0 Å². The summed E-state index contributed by atoms with van der Waals surface area (Å²) in [5.41, 5.74) is 2.47. The lowest BCUT2D eigenvalue weighted by Crippen LogP contribution is -1.92. The van der Waals surface area contributed by atoms with Crippen LogP contribution >= 0.6 is 0 Å². The molecule has 0 amide bonds. The van der Waals surface area contributed by atoms with Crippen LogP contribution in [0.25, 0.3) is 0 Å². The van der Waals surface area contributed by atoms with Crippen LogP contribution in [0.1, 0.15) is 12.5 Å². The van der Waals surface area contributed by atoms with Gasteiger partial charge in [-0.1, -0.05) is 6.07 Å². The zero-order valence-electron chi connectivity index (χ0n) is 9.46. The van der Waals surface area contributed by atoms with Crippen molar-refractivity contribution in [2.45, 2.75) is 6.92 Å². The number of phenolic OH excluding ortho intramolecular Hbond substituents is 2. The standard InChI is InChI=1S/C14H13NO2/c1-10(11-5-7-13(16)8-6-11)15-12-3-2-4-14(17)9-12/h2-9,16-17H,1H3. The quantitative estimate of drug-likeness (QED) is 0.774. The Morgan fingerprint density at radius 3 is 2.29 bits per heavy atom. The number of nitrogens with zero attached hydrogens (tertiary/aromatic N) is 1. The van der Waals surface area contributed by atoms with Gasteiger partial charge >= 0.3 is 0 Å². The third kappa shape index (κ3) is 2.84. The zero-order chi connectivity index (χ0) is 12.3. The van der Waals surface area contributed by atoms with Crippen LogP contribution in [0, 0.1) is 0 Å². The Kier molecular flexibility index (Phi) is 3.10. The fourth-order valence-corrected chi connectivity index (χ4v) is 1.52. The van der Waals surface area contributed by atoms with Crippen LogP contribution in [0.3, 0.4) is 0 Å². The smallest absolute Gasteiger partial charge is 0.117 e. The molecule has 3 nitrogen and oxygen atoms in total. The first-order chi connectivity index (χ1) is 8.15. The Morgan fingerprint density at radius 1 is 0.941 bits per heavy atom. The second-order valence-electron chi connectivity index (χ2n) is 3.76. The Morgan fingerprint density at radius 2 is 1.65 bits per heavy atom. The molecule has 0 aliphatic carbocycles. The molecule has 0 bridgehead atoms. The van der Waals surface area contributed by atoms with Crippen molar-refractivity contribution in [1.82, 2.24) is 0 Å². The second kappa shape index (κ2) is 4.70. The van der Waals surface area contributed by atoms with E-state index in [1.807, 2.05) is 13.0 Å². The molecule has 0 saturated heterocycles. The summed E-state index contributed by atoms with van der Waals surface area (Å²) < 4.78 is 0. The van der Waals surface area contributed by atoms with E-state index in [-0.39, 0.29) is 11.5 Å². The van der Waals surface area contributed by atoms with Gasteiger partial charge in [0.2, 0.25) is 0 Å². The third-order valence-corrected chi connectivity index (χ3v) is 2.41. The maximum Gasteiger partial charge on any atom is 0.117 e. The molecule has 17 heavy (non-hydrogen) atoms. The van der Waals surface area contributed by atoms with E-state index < -0.39 is 0 Å². The number of phenols is 2. The van der Waals surface area contributed by atoms with Gasteiger partial charge in [0.05, 0.1) is 5.69 Å². The molecular formula is C14H13NO2. The van der Waals surface area contributed by atoms with Crippen molar-refractivity contribution in [3.63, 3.8) is 0 Å². The first-order valence-corrected chi connectivity index (χ1v) is 5.29. The topological polar surface area (TPSA) is 52.8 Å². The van der Waals surface area contributed by atoms with E-state index in [4.69, 9.17) is 0 Å². The molecule has 2 aromatic rings. The number of benzene rings is 2. The molecule has 0 saturated carbocycles. The Labute approximate surface area is 99.7 Å². The molecule has 0 unspecified atom stereocenters. The monoisotopic (exact) mass is 227 g/mol. The number of aromatic hydroxyl groups is 2. The van der Waals surface area contributed by atoms with Gasteiger partial charge in [0.15, 0.2) is 0 Å². The number of aliphatic imine (C=N–C) groups is 1. The summed E-state index contributed by atoms with van der Waals surface area (Å²) in [6.07, 6.45) is 0. The van der Waals surface area contributed by atoms with Gasteiger partial charge in [-0.3, -0.25) is 4.99 Å². The Bertz CT molecular complexity index is 544. The molecule has 0 radical (unpaired) electrons. The van der Waals surface area contributed by atoms with E-state index in [1.54, 1.807) is 42.5 Å².